The van der Waals surface area contributed by atoms with Gasteiger partial charge in [-0.1, -0.05) is 36.4 Å². The average molecular weight is 616 g/mol. The molecule has 2 aromatic carbocycles. The smallest absolute Gasteiger partial charge is 0.255 e. The molecule has 5 amide bonds. The van der Waals surface area contributed by atoms with Gasteiger partial charge in [0, 0.05) is 51.4 Å². The number of carbonyl (C=O) groups is 5. The zero-order valence-corrected chi connectivity index (χ0v) is 25.1. The largest absolute Gasteiger partial charge is 0.491 e. The van der Waals surface area contributed by atoms with Crippen molar-refractivity contribution in [2.45, 2.75) is 50.9 Å². The molecule has 3 aromatic rings. The third-order valence-electron chi connectivity index (χ3n) is 7.82. The van der Waals surface area contributed by atoms with Crippen LogP contribution in [0.1, 0.15) is 46.4 Å². The van der Waals surface area contributed by atoms with Crippen molar-refractivity contribution < 1.29 is 28.7 Å². The van der Waals surface area contributed by atoms with Gasteiger partial charge in [0.15, 0.2) is 0 Å². The van der Waals surface area contributed by atoms with Gasteiger partial charge >= 0.3 is 0 Å². The van der Waals surface area contributed by atoms with Gasteiger partial charge in [-0.2, -0.15) is 0 Å². The molecule has 0 spiro atoms. The number of para-hydroxylation sites is 1. The number of amides is 5. The van der Waals surface area contributed by atoms with Gasteiger partial charge in [-0.05, 0) is 29.7 Å². The van der Waals surface area contributed by atoms with Crippen LogP contribution in [-0.2, 0) is 38.7 Å². The molecule has 1 saturated heterocycles. The molecule has 4 N–H and O–H groups in total. The molecule has 13 nitrogen and oxygen atoms in total. The van der Waals surface area contributed by atoms with Crippen LogP contribution < -0.4 is 20.7 Å². The number of nitrogens with zero attached hydrogens (tertiary/aromatic N) is 3. The number of hydrogen-bond donors (Lipinski definition) is 4. The van der Waals surface area contributed by atoms with E-state index in [-0.39, 0.29) is 43.5 Å². The van der Waals surface area contributed by atoms with Crippen LogP contribution in [0.4, 0.5) is 0 Å². The van der Waals surface area contributed by atoms with Gasteiger partial charge in [0.1, 0.15) is 24.4 Å². The number of ether oxygens (including phenoxy) is 1. The number of likely N-dealkylation sites (tertiary alicyclic amines) is 1. The summed E-state index contributed by atoms with van der Waals surface area (Å²) in [6.07, 6.45) is 4.20. The van der Waals surface area contributed by atoms with Gasteiger partial charge < -0.3 is 35.5 Å². The van der Waals surface area contributed by atoms with Crippen molar-refractivity contribution in [1.82, 2.24) is 35.7 Å². The minimum absolute atomic E-state index is 0.103. The summed E-state index contributed by atoms with van der Waals surface area (Å²) in [4.78, 5) is 75.8. The summed E-state index contributed by atoms with van der Waals surface area (Å²) in [5.41, 5.74) is 2.59. The van der Waals surface area contributed by atoms with Crippen LogP contribution in [-0.4, -0.2) is 88.1 Å². The standard InChI is InChI=1S/C32H37N7O6/c1-38-12-13-45-27-9-3-2-8-24(27)30(42)37-25(16-28(40)36-26(32(38)44)15-23-18-33-20-35-23)31(43)34-17-21-6-4-7-22(14-21)19-39-11-5-10-29(39)41/h2-4,6-9,14,18,20,25-26H,5,10-13,15-17,19H2,1H3,(H,33,35)(H,34,43)(H,36,40)(H,37,42)/t25-,26-/m0/s1. The topological polar surface area (TPSA) is 166 Å². The molecule has 0 bridgehead atoms. The minimum Gasteiger partial charge on any atom is -0.491 e. The highest BCUT2D eigenvalue weighted by Gasteiger charge is 2.30. The maximum Gasteiger partial charge on any atom is 0.255 e. The van der Waals surface area contributed by atoms with E-state index in [2.05, 4.69) is 25.9 Å². The first-order valence-electron chi connectivity index (χ1n) is 14.9. The Bertz CT molecular complexity index is 1540. The molecule has 2 aliphatic heterocycles. The molecule has 0 unspecified atom stereocenters. The fourth-order valence-electron chi connectivity index (χ4n) is 5.39. The van der Waals surface area contributed by atoms with Gasteiger partial charge in [-0.15, -0.1) is 0 Å². The molecule has 2 aliphatic rings. The molecule has 0 radical (unpaired) electrons. The summed E-state index contributed by atoms with van der Waals surface area (Å²) >= 11 is 0. The number of H-pyrrole nitrogens is 1. The fourth-order valence-corrected chi connectivity index (χ4v) is 5.39. The Hall–Kier alpha value is -5.20. The third-order valence-corrected chi connectivity index (χ3v) is 7.82. The second kappa shape index (κ2) is 14.5. The predicted octanol–water partition coefficient (Wildman–Crippen LogP) is 0.915. The van der Waals surface area contributed by atoms with E-state index in [4.69, 9.17) is 4.74 Å². The van der Waals surface area contributed by atoms with Crippen LogP contribution in [0.3, 0.4) is 0 Å². The van der Waals surface area contributed by atoms with E-state index in [1.54, 1.807) is 37.5 Å². The molecule has 0 aliphatic carbocycles. The van der Waals surface area contributed by atoms with E-state index in [1.807, 2.05) is 29.2 Å². The molecule has 1 fully saturated rings. The Morgan fingerprint density at radius 2 is 1.87 bits per heavy atom. The SMILES string of the molecule is CN1CCOc2ccccc2C(=O)N[C@H](C(=O)NCc2cccc(CN3CCCC3=O)c2)CC(=O)N[C@@H](Cc2cnc[nH]2)C1=O. The number of fused-ring (bicyclic) bond motifs is 1. The number of likely N-dealkylation sites (N-methyl/N-ethyl adjacent to an activating group) is 1. The van der Waals surface area contributed by atoms with Gasteiger partial charge in [-0.25, -0.2) is 4.98 Å². The number of benzene rings is 2. The van der Waals surface area contributed by atoms with Crippen LogP contribution in [0.15, 0.2) is 61.1 Å². The van der Waals surface area contributed by atoms with E-state index in [0.29, 0.717) is 24.4 Å². The molecule has 13 heteroatoms. The summed E-state index contributed by atoms with van der Waals surface area (Å²) in [6, 6.07) is 12.0. The van der Waals surface area contributed by atoms with Crippen molar-refractivity contribution in [1.29, 1.82) is 0 Å². The molecule has 45 heavy (non-hydrogen) atoms. The number of aromatic nitrogens is 2. The molecule has 3 heterocycles. The van der Waals surface area contributed by atoms with Crippen molar-refractivity contribution in [3.05, 3.63) is 83.4 Å². The third kappa shape index (κ3) is 8.25. The molecule has 1 aromatic heterocycles. The summed E-state index contributed by atoms with van der Waals surface area (Å²) in [7, 11) is 1.61. The van der Waals surface area contributed by atoms with Gasteiger partial charge in [0.05, 0.1) is 24.9 Å². The summed E-state index contributed by atoms with van der Waals surface area (Å²) in [6.45, 7) is 1.67. The highest BCUT2D eigenvalue weighted by Crippen LogP contribution is 2.19. The van der Waals surface area contributed by atoms with Crippen molar-refractivity contribution in [2.75, 3.05) is 26.7 Å². The summed E-state index contributed by atoms with van der Waals surface area (Å²) < 4.78 is 5.87. The number of hydrogen-bond acceptors (Lipinski definition) is 7. The van der Waals surface area contributed by atoms with Crippen LogP contribution in [0.5, 0.6) is 5.75 Å². The lowest BCUT2D eigenvalue weighted by molar-refractivity contribution is -0.136. The van der Waals surface area contributed by atoms with E-state index in [1.165, 1.54) is 11.2 Å². The van der Waals surface area contributed by atoms with Crippen molar-refractivity contribution in [3.8, 4) is 5.75 Å². The van der Waals surface area contributed by atoms with E-state index in [9.17, 15) is 24.0 Å². The Morgan fingerprint density at radius 3 is 2.64 bits per heavy atom. The molecule has 2 atom stereocenters. The summed E-state index contributed by atoms with van der Waals surface area (Å²) in [5, 5.41) is 8.26. The van der Waals surface area contributed by atoms with Crippen LogP contribution in [0.2, 0.25) is 0 Å². The predicted molar refractivity (Wildman–Crippen MR) is 163 cm³/mol. The maximum atomic E-state index is 13.5. The van der Waals surface area contributed by atoms with Crippen LogP contribution >= 0.6 is 0 Å². The van der Waals surface area contributed by atoms with Crippen LogP contribution in [0.25, 0.3) is 0 Å². The van der Waals surface area contributed by atoms with E-state index < -0.39 is 36.2 Å². The minimum atomic E-state index is -1.25. The highest BCUT2D eigenvalue weighted by molar-refractivity contribution is 6.01. The molecule has 5 rings (SSSR count). The molecular weight excluding hydrogens is 578 g/mol. The zero-order valence-electron chi connectivity index (χ0n) is 25.1. The van der Waals surface area contributed by atoms with Crippen LogP contribution in [0, 0.1) is 0 Å². The Morgan fingerprint density at radius 1 is 1.04 bits per heavy atom. The first-order chi connectivity index (χ1) is 21.8. The Labute approximate surface area is 260 Å². The number of rotatable bonds is 7. The van der Waals surface area contributed by atoms with E-state index >= 15 is 0 Å². The van der Waals surface area contributed by atoms with Gasteiger partial charge in [0.2, 0.25) is 23.6 Å². The fraction of sp³-hybridized carbons (Fsp3) is 0.375. The Balaban J connectivity index is 1.33. The van der Waals surface area contributed by atoms with Gasteiger partial charge in [-0.3, -0.25) is 24.0 Å². The lowest BCUT2D eigenvalue weighted by atomic mass is 10.1. The second-order valence-electron chi connectivity index (χ2n) is 11.2. The summed E-state index contributed by atoms with van der Waals surface area (Å²) in [5.74, 6) is -1.65. The number of nitrogens with one attached hydrogen (secondary N) is 4. The monoisotopic (exact) mass is 615 g/mol. The lowest BCUT2D eigenvalue weighted by Gasteiger charge is -2.26. The number of aromatic amines is 1. The lowest BCUT2D eigenvalue weighted by Crippen LogP contribution is -2.53. The zero-order chi connectivity index (χ0) is 31.8. The first kappa shape index (κ1) is 31.2. The molecule has 236 valence electrons. The molecule has 0 saturated carbocycles. The van der Waals surface area contributed by atoms with Crippen molar-refractivity contribution in [2.24, 2.45) is 0 Å². The highest BCUT2D eigenvalue weighted by atomic mass is 16.5. The second-order valence-corrected chi connectivity index (χ2v) is 11.2. The number of carbonyl (C=O) groups excluding carboxylic acids is 5. The normalized spacial score (nSPS) is 19.7. The maximum absolute atomic E-state index is 13.5. The van der Waals surface area contributed by atoms with Crippen molar-refractivity contribution in [3.63, 3.8) is 0 Å². The molecular formula is C32H37N7O6. The quantitative estimate of drug-likeness (QED) is 0.307. The number of imidazole rings is 1. The van der Waals surface area contributed by atoms with Gasteiger partial charge in [0.25, 0.3) is 5.91 Å². The van der Waals surface area contributed by atoms with E-state index in [0.717, 1.165) is 24.1 Å². The first-order valence-corrected chi connectivity index (χ1v) is 14.9. The van der Waals surface area contributed by atoms with Crippen molar-refractivity contribution >= 4 is 29.5 Å². The Kier molecular flexibility index (Phi) is 10.1. The average Bonchev–Trinajstić information content (AvgIpc) is 3.70.